The average molecular weight is 274 g/mol. The Morgan fingerprint density at radius 2 is 2.05 bits per heavy atom. The van der Waals surface area contributed by atoms with Crippen molar-refractivity contribution >= 4 is 17.7 Å². The first-order valence-electron chi connectivity index (χ1n) is 5.90. The molecule has 0 amide bonds. The quantitative estimate of drug-likeness (QED) is 0.925. The Morgan fingerprint density at radius 3 is 2.63 bits per heavy atom. The molecule has 4 nitrogen and oxygen atoms in total. The summed E-state index contributed by atoms with van der Waals surface area (Å²) in [6.07, 6.45) is 1.70. The van der Waals surface area contributed by atoms with Gasteiger partial charge in [0.25, 0.3) is 0 Å². The molecule has 0 radical (unpaired) electrons. The van der Waals surface area contributed by atoms with Gasteiger partial charge in [-0.15, -0.1) is 0 Å². The largest absolute Gasteiger partial charge is 0.478 e. The van der Waals surface area contributed by atoms with Crippen molar-refractivity contribution in [3.8, 4) is 0 Å². The summed E-state index contributed by atoms with van der Waals surface area (Å²) in [5.74, 6) is -0.755. The predicted molar refractivity (Wildman–Crippen MR) is 73.6 cm³/mol. The van der Waals surface area contributed by atoms with E-state index in [9.17, 15) is 4.79 Å². The highest BCUT2D eigenvalue weighted by molar-refractivity contribution is 7.99. The summed E-state index contributed by atoms with van der Waals surface area (Å²) < 4.78 is 0. The van der Waals surface area contributed by atoms with Crippen molar-refractivity contribution in [1.29, 1.82) is 0 Å². The Hall–Kier alpha value is -1.88. The van der Waals surface area contributed by atoms with Crippen LogP contribution in [0.1, 0.15) is 35.8 Å². The molecule has 0 bridgehead atoms. The minimum Gasteiger partial charge on any atom is -0.478 e. The molecule has 0 aliphatic carbocycles. The summed E-state index contributed by atoms with van der Waals surface area (Å²) in [5, 5.41) is 10.6. The van der Waals surface area contributed by atoms with Gasteiger partial charge in [0, 0.05) is 11.9 Å². The van der Waals surface area contributed by atoms with Crippen LogP contribution in [0.5, 0.6) is 0 Å². The molecular weight excluding hydrogens is 260 g/mol. The number of carbonyl (C=O) groups is 1. The Morgan fingerprint density at radius 1 is 1.26 bits per heavy atom. The van der Waals surface area contributed by atoms with E-state index in [1.807, 2.05) is 32.0 Å². The zero-order valence-corrected chi connectivity index (χ0v) is 11.5. The average Bonchev–Trinajstić information content (AvgIpc) is 2.39. The number of rotatable bonds is 4. The van der Waals surface area contributed by atoms with Crippen molar-refractivity contribution in [2.75, 3.05) is 0 Å². The molecule has 0 saturated carbocycles. The van der Waals surface area contributed by atoms with Crippen molar-refractivity contribution in [2.24, 2.45) is 0 Å². The van der Waals surface area contributed by atoms with E-state index in [4.69, 9.17) is 5.11 Å². The van der Waals surface area contributed by atoms with Gasteiger partial charge in [-0.1, -0.05) is 31.7 Å². The van der Waals surface area contributed by atoms with Crippen molar-refractivity contribution in [3.05, 3.63) is 47.8 Å². The molecule has 2 aromatic heterocycles. The number of pyridine rings is 2. The minimum absolute atomic E-state index is 0.183. The van der Waals surface area contributed by atoms with E-state index in [1.165, 1.54) is 11.8 Å². The summed E-state index contributed by atoms with van der Waals surface area (Å²) >= 11 is 1.37. The summed E-state index contributed by atoms with van der Waals surface area (Å²) in [5.41, 5.74) is 1.04. The third-order valence-electron chi connectivity index (χ3n) is 2.51. The van der Waals surface area contributed by atoms with Gasteiger partial charge in [0.05, 0.1) is 5.56 Å². The number of hydrogen-bond donors (Lipinski definition) is 1. The smallest absolute Gasteiger partial charge is 0.335 e. The van der Waals surface area contributed by atoms with E-state index in [0.717, 1.165) is 10.7 Å². The van der Waals surface area contributed by atoms with Crippen LogP contribution in [-0.4, -0.2) is 21.0 Å². The zero-order chi connectivity index (χ0) is 13.8. The molecule has 1 N–H and O–H groups in total. The Kier molecular flexibility index (Phi) is 4.16. The van der Waals surface area contributed by atoms with Crippen LogP contribution in [0.3, 0.4) is 0 Å². The van der Waals surface area contributed by atoms with E-state index >= 15 is 0 Å². The van der Waals surface area contributed by atoms with E-state index in [-0.39, 0.29) is 11.5 Å². The fourth-order valence-electron chi connectivity index (χ4n) is 1.51. The third kappa shape index (κ3) is 3.54. The standard InChI is InChI=1S/C14H14N2O2S/c1-9(2)11-7-10(14(17)18)8-13(16-11)19-12-5-3-4-6-15-12/h3-9H,1-2H3,(H,17,18). The van der Waals surface area contributed by atoms with Crippen molar-refractivity contribution in [3.63, 3.8) is 0 Å². The van der Waals surface area contributed by atoms with Crippen molar-refractivity contribution in [1.82, 2.24) is 9.97 Å². The maximum atomic E-state index is 11.1. The van der Waals surface area contributed by atoms with Gasteiger partial charge in [0.2, 0.25) is 0 Å². The molecule has 0 aliphatic rings. The Bertz CT molecular complexity index is 585. The van der Waals surface area contributed by atoms with Gasteiger partial charge >= 0.3 is 5.97 Å². The molecule has 19 heavy (non-hydrogen) atoms. The SMILES string of the molecule is CC(C)c1cc(C(=O)O)cc(Sc2ccccn2)n1. The van der Waals surface area contributed by atoms with Crippen LogP contribution in [0.2, 0.25) is 0 Å². The van der Waals surface area contributed by atoms with Gasteiger partial charge in [-0.05, 0) is 30.2 Å². The molecule has 98 valence electrons. The van der Waals surface area contributed by atoms with Crippen molar-refractivity contribution < 1.29 is 9.90 Å². The first kappa shape index (κ1) is 13.5. The molecule has 2 heterocycles. The number of nitrogens with zero attached hydrogens (tertiary/aromatic N) is 2. The van der Waals surface area contributed by atoms with Crippen LogP contribution in [0.25, 0.3) is 0 Å². The van der Waals surface area contributed by atoms with Gasteiger partial charge in [-0.25, -0.2) is 14.8 Å². The zero-order valence-electron chi connectivity index (χ0n) is 10.7. The lowest BCUT2D eigenvalue weighted by molar-refractivity contribution is 0.0696. The van der Waals surface area contributed by atoms with Gasteiger partial charge in [0.1, 0.15) is 10.1 Å². The van der Waals surface area contributed by atoms with Crippen molar-refractivity contribution in [2.45, 2.75) is 29.8 Å². The molecule has 2 aromatic rings. The van der Waals surface area contributed by atoms with Gasteiger partial charge in [-0.3, -0.25) is 0 Å². The number of carboxylic acid groups (broad SMARTS) is 1. The number of aromatic nitrogens is 2. The first-order chi connectivity index (χ1) is 9.06. The molecular formula is C14H14N2O2S. The molecule has 0 aliphatic heterocycles. The monoisotopic (exact) mass is 274 g/mol. The maximum Gasteiger partial charge on any atom is 0.335 e. The van der Waals surface area contributed by atoms with Crippen LogP contribution in [0.15, 0.2) is 46.6 Å². The predicted octanol–water partition coefficient (Wildman–Crippen LogP) is 3.45. The third-order valence-corrected chi connectivity index (χ3v) is 3.38. The normalized spacial score (nSPS) is 10.7. The lowest BCUT2D eigenvalue weighted by Crippen LogP contribution is -2.02. The second kappa shape index (κ2) is 5.84. The van der Waals surface area contributed by atoms with E-state index in [0.29, 0.717) is 5.03 Å². The number of carboxylic acids is 1. The lowest BCUT2D eigenvalue weighted by Gasteiger charge is -2.08. The Balaban J connectivity index is 2.36. The minimum atomic E-state index is -0.938. The molecule has 2 rings (SSSR count). The molecule has 0 saturated heterocycles. The first-order valence-corrected chi connectivity index (χ1v) is 6.72. The number of hydrogen-bond acceptors (Lipinski definition) is 4. The van der Waals surface area contributed by atoms with Crippen LogP contribution in [-0.2, 0) is 0 Å². The van der Waals surface area contributed by atoms with Crippen LogP contribution < -0.4 is 0 Å². The molecule has 0 aromatic carbocycles. The number of aromatic carboxylic acids is 1. The van der Waals surface area contributed by atoms with E-state index in [1.54, 1.807) is 18.3 Å². The second-order valence-corrected chi connectivity index (χ2v) is 5.39. The van der Waals surface area contributed by atoms with Gasteiger partial charge in [0.15, 0.2) is 0 Å². The van der Waals surface area contributed by atoms with Crippen LogP contribution in [0.4, 0.5) is 0 Å². The molecule has 0 fully saturated rings. The topological polar surface area (TPSA) is 63.1 Å². The fourth-order valence-corrected chi connectivity index (χ4v) is 2.32. The van der Waals surface area contributed by atoms with Gasteiger partial charge in [-0.2, -0.15) is 0 Å². The fraction of sp³-hybridized carbons (Fsp3) is 0.214. The van der Waals surface area contributed by atoms with E-state index in [2.05, 4.69) is 9.97 Å². The molecule has 0 spiro atoms. The van der Waals surface area contributed by atoms with E-state index < -0.39 is 5.97 Å². The lowest BCUT2D eigenvalue weighted by atomic mass is 10.1. The summed E-state index contributed by atoms with van der Waals surface area (Å²) in [6.45, 7) is 3.98. The summed E-state index contributed by atoms with van der Waals surface area (Å²) in [4.78, 5) is 19.8. The highest BCUT2D eigenvalue weighted by Crippen LogP contribution is 2.26. The highest BCUT2D eigenvalue weighted by atomic mass is 32.2. The van der Waals surface area contributed by atoms with Gasteiger partial charge < -0.3 is 5.11 Å². The summed E-state index contributed by atoms with van der Waals surface area (Å²) in [7, 11) is 0. The van der Waals surface area contributed by atoms with Crippen LogP contribution >= 0.6 is 11.8 Å². The summed E-state index contributed by atoms with van der Waals surface area (Å²) in [6, 6.07) is 8.79. The molecule has 0 unspecified atom stereocenters. The molecule has 5 heteroatoms. The maximum absolute atomic E-state index is 11.1. The second-order valence-electron chi connectivity index (χ2n) is 4.35. The molecule has 0 atom stereocenters. The highest BCUT2D eigenvalue weighted by Gasteiger charge is 2.11. The van der Waals surface area contributed by atoms with Crippen LogP contribution in [0, 0.1) is 0 Å². The Labute approximate surface area is 115 Å².